The average molecular weight is 351 g/mol. The molecule has 2 aromatic carbocycles. The van der Waals surface area contributed by atoms with Crippen LogP contribution in [0.25, 0.3) is 0 Å². The number of hydrogen-bond acceptors (Lipinski definition) is 3. The number of anilines is 1. The number of aryl methyl sites for hydroxylation is 1. The lowest BCUT2D eigenvalue weighted by molar-refractivity contribution is 0.0609. The third kappa shape index (κ3) is 3.44. The standard InChI is InChI=1S/C20H21N3O3/c1-12(2)23-18(24)16-9-8-15(10-17(16)19(23)25)22-20(26)21-11-14-6-4-13(3)5-7-14/h4-10,12H,11H2,1-3H3,(H2,21,22,26). The number of benzene rings is 2. The molecule has 1 aliphatic heterocycles. The highest BCUT2D eigenvalue weighted by Gasteiger charge is 2.37. The molecule has 0 fully saturated rings. The van der Waals surface area contributed by atoms with E-state index in [0.717, 1.165) is 11.1 Å². The second kappa shape index (κ2) is 7.00. The van der Waals surface area contributed by atoms with Gasteiger partial charge in [-0.25, -0.2) is 4.79 Å². The van der Waals surface area contributed by atoms with Crippen LogP contribution in [-0.2, 0) is 6.54 Å². The molecular formula is C20H21N3O3. The Hall–Kier alpha value is -3.15. The van der Waals surface area contributed by atoms with Gasteiger partial charge in [0, 0.05) is 18.3 Å². The van der Waals surface area contributed by atoms with Crippen LogP contribution in [0.1, 0.15) is 45.7 Å². The van der Waals surface area contributed by atoms with Crippen molar-refractivity contribution >= 4 is 23.5 Å². The van der Waals surface area contributed by atoms with Crippen LogP contribution < -0.4 is 10.6 Å². The van der Waals surface area contributed by atoms with Crippen LogP contribution in [0, 0.1) is 6.92 Å². The molecule has 0 aromatic heterocycles. The summed E-state index contributed by atoms with van der Waals surface area (Å²) in [4.78, 5) is 38.0. The van der Waals surface area contributed by atoms with Crippen molar-refractivity contribution in [2.75, 3.05) is 5.32 Å². The van der Waals surface area contributed by atoms with E-state index in [9.17, 15) is 14.4 Å². The number of urea groups is 1. The summed E-state index contributed by atoms with van der Waals surface area (Å²) >= 11 is 0. The van der Waals surface area contributed by atoms with Crippen LogP contribution in [0.4, 0.5) is 10.5 Å². The van der Waals surface area contributed by atoms with E-state index in [2.05, 4.69) is 10.6 Å². The van der Waals surface area contributed by atoms with Gasteiger partial charge in [-0.1, -0.05) is 29.8 Å². The van der Waals surface area contributed by atoms with E-state index in [1.54, 1.807) is 32.0 Å². The molecule has 1 heterocycles. The zero-order valence-electron chi connectivity index (χ0n) is 15.0. The Morgan fingerprint density at radius 1 is 1.00 bits per heavy atom. The summed E-state index contributed by atoms with van der Waals surface area (Å²) in [7, 11) is 0. The van der Waals surface area contributed by atoms with Crippen LogP contribution >= 0.6 is 0 Å². The first kappa shape index (κ1) is 17.7. The first-order valence-corrected chi connectivity index (χ1v) is 8.49. The second-order valence-corrected chi connectivity index (χ2v) is 6.63. The van der Waals surface area contributed by atoms with E-state index >= 15 is 0 Å². The Kier molecular flexibility index (Phi) is 4.75. The molecule has 0 unspecified atom stereocenters. The highest BCUT2D eigenvalue weighted by atomic mass is 16.2. The number of nitrogens with zero attached hydrogens (tertiary/aromatic N) is 1. The lowest BCUT2D eigenvalue weighted by atomic mass is 10.1. The number of imide groups is 1. The van der Waals surface area contributed by atoms with Gasteiger partial charge in [0.25, 0.3) is 11.8 Å². The fourth-order valence-corrected chi connectivity index (χ4v) is 2.87. The van der Waals surface area contributed by atoms with Gasteiger partial charge in [-0.3, -0.25) is 14.5 Å². The third-order valence-corrected chi connectivity index (χ3v) is 4.27. The van der Waals surface area contributed by atoms with Crippen molar-refractivity contribution in [2.24, 2.45) is 0 Å². The fraction of sp³-hybridized carbons (Fsp3) is 0.250. The van der Waals surface area contributed by atoms with Gasteiger partial charge in [0.2, 0.25) is 0 Å². The number of nitrogens with one attached hydrogen (secondary N) is 2. The molecule has 6 nitrogen and oxygen atoms in total. The summed E-state index contributed by atoms with van der Waals surface area (Å²) in [6, 6.07) is 12.0. The summed E-state index contributed by atoms with van der Waals surface area (Å²) in [6.45, 7) is 5.98. The number of fused-ring (bicyclic) bond motifs is 1. The first-order chi connectivity index (χ1) is 12.4. The summed E-state index contributed by atoms with van der Waals surface area (Å²) in [5.41, 5.74) is 3.31. The van der Waals surface area contributed by atoms with Gasteiger partial charge in [-0.2, -0.15) is 0 Å². The van der Waals surface area contributed by atoms with Crippen LogP contribution in [0.2, 0.25) is 0 Å². The first-order valence-electron chi connectivity index (χ1n) is 8.49. The Bertz CT molecular complexity index is 872. The molecule has 0 radical (unpaired) electrons. The van der Waals surface area contributed by atoms with Crippen molar-refractivity contribution in [3.8, 4) is 0 Å². The summed E-state index contributed by atoms with van der Waals surface area (Å²) < 4.78 is 0. The van der Waals surface area contributed by atoms with Gasteiger partial charge in [0.15, 0.2) is 0 Å². The fourth-order valence-electron chi connectivity index (χ4n) is 2.87. The maximum absolute atomic E-state index is 12.4. The van der Waals surface area contributed by atoms with Gasteiger partial charge >= 0.3 is 6.03 Å². The van der Waals surface area contributed by atoms with Crippen LogP contribution in [-0.4, -0.2) is 28.8 Å². The Morgan fingerprint density at radius 3 is 2.31 bits per heavy atom. The molecule has 26 heavy (non-hydrogen) atoms. The Morgan fingerprint density at radius 2 is 1.65 bits per heavy atom. The molecule has 3 rings (SSSR count). The van der Waals surface area contributed by atoms with Crippen LogP contribution in [0.3, 0.4) is 0 Å². The quantitative estimate of drug-likeness (QED) is 0.830. The number of rotatable bonds is 4. The molecular weight excluding hydrogens is 330 g/mol. The zero-order chi connectivity index (χ0) is 18.8. The van der Waals surface area contributed by atoms with Gasteiger partial charge in [-0.15, -0.1) is 0 Å². The van der Waals surface area contributed by atoms with Gasteiger partial charge in [0.1, 0.15) is 0 Å². The molecule has 4 amide bonds. The lowest BCUT2D eigenvalue weighted by Gasteiger charge is -2.17. The van der Waals surface area contributed by atoms with Crippen molar-refractivity contribution in [3.05, 3.63) is 64.7 Å². The average Bonchev–Trinajstić information content (AvgIpc) is 2.85. The summed E-state index contributed by atoms with van der Waals surface area (Å²) in [6.07, 6.45) is 0. The van der Waals surface area contributed by atoms with E-state index in [1.165, 1.54) is 4.90 Å². The monoisotopic (exact) mass is 351 g/mol. The van der Waals surface area contributed by atoms with E-state index < -0.39 is 0 Å². The normalized spacial score (nSPS) is 13.2. The predicted molar refractivity (Wildman–Crippen MR) is 99.1 cm³/mol. The van der Waals surface area contributed by atoms with E-state index in [4.69, 9.17) is 0 Å². The van der Waals surface area contributed by atoms with E-state index in [0.29, 0.717) is 23.4 Å². The smallest absolute Gasteiger partial charge is 0.319 e. The van der Waals surface area contributed by atoms with Crippen molar-refractivity contribution in [1.29, 1.82) is 0 Å². The second-order valence-electron chi connectivity index (χ2n) is 6.63. The molecule has 2 aromatic rings. The predicted octanol–water partition coefficient (Wildman–Crippen LogP) is 3.32. The highest BCUT2D eigenvalue weighted by molar-refractivity contribution is 6.22. The van der Waals surface area contributed by atoms with E-state index in [1.807, 2.05) is 31.2 Å². The third-order valence-electron chi connectivity index (χ3n) is 4.27. The maximum atomic E-state index is 12.4. The lowest BCUT2D eigenvalue weighted by Crippen LogP contribution is -2.35. The topological polar surface area (TPSA) is 78.5 Å². The molecule has 1 aliphatic rings. The van der Waals surface area contributed by atoms with Crippen molar-refractivity contribution in [2.45, 2.75) is 33.4 Å². The number of carbonyl (C=O) groups is 3. The number of hydrogen-bond donors (Lipinski definition) is 2. The van der Waals surface area contributed by atoms with Gasteiger partial charge in [0.05, 0.1) is 11.1 Å². The zero-order valence-corrected chi connectivity index (χ0v) is 15.0. The highest BCUT2D eigenvalue weighted by Crippen LogP contribution is 2.27. The van der Waals surface area contributed by atoms with Gasteiger partial charge < -0.3 is 10.6 Å². The molecule has 0 spiro atoms. The molecule has 134 valence electrons. The molecule has 0 bridgehead atoms. The molecule has 0 saturated heterocycles. The summed E-state index contributed by atoms with van der Waals surface area (Å²) in [5.74, 6) is -0.626. The van der Waals surface area contributed by atoms with Crippen molar-refractivity contribution in [3.63, 3.8) is 0 Å². The van der Waals surface area contributed by atoms with Crippen LogP contribution in [0.5, 0.6) is 0 Å². The molecule has 0 atom stereocenters. The van der Waals surface area contributed by atoms with Gasteiger partial charge in [-0.05, 0) is 44.5 Å². The summed E-state index contributed by atoms with van der Waals surface area (Å²) in [5, 5.41) is 5.47. The van der Waals surface area contributed by atoms with E-state index in [-0.39, 0.29) is 23.9 Å². The van der Waals surface area contributed by atoms with Crippen LogP contribution in [0.15, 0.2) is 42.5 Å². The number of carbonyl (C=O) groups excluding carboxylic acids is 3. The molecule has 0 saturated carbocycles. The molecule has 6 heteroatoms. The Balaban J connectivity index is 1.66. The SMILES string of the molecule is Cc1ccc(CNC(=O)Nc2ccc3c(c2)C(=O)N(C(C)C)C3=O)cc1. The largest absolute Gasteiger partial charge is 0.334 e. The number of amides is 4. The Labute approximate surface area is 152 Å². The minimum Gasteiger partial charge on any atom is -0.334 e. The maximum Gasteiger partial charge on any atom is 0.319 e. The molecule has 2 N–H and O–H groups in total. The molecule has 0 aliphatic carbocycles. The van der Waals surface area contributed by atoms with Crippen molar-refractivity contribution in [1.82, 2.24) is 10.2 Å². The van der Waals surface area contributed by atoms with Crippen molar-refractivity contribution < 1.29 is 14.4 Å². The minimum atomic E-state index is -0.372. The minimum absolute atomic E-state index is 0.211.